The lowest BCUT2D eigenvalue weighted by Crippen LogP contribution is -2.38. The number of hydrogen-bond donors (Lipinski definition) is 0. The highest BCUT2D eigenvalue weighted by Gasteiger charge is 2.45. The van der Waals surface area contributed by atoms with Gasteiger partial charge < -0.3 is 4.74 Å². The van der Waals surface area contributed by atoms with Crippen molar-refractivity contribution in [2.45, 2.75) is 77.2 Å². The molecule has 1 aromatic carbocycles. The Hall–Kier alpha value is -1.40. The van der Waals surface area contributed by atoms with Crippen molar-refractivity contribution in [3.63, 3.8) is 0 Å². The summed E-state index contributed by atoms with van der Waals surface area (Å²) in [5.41, 5.74) is 0. The molecule has 1 nitrogen and oxygen atoms in total. The first kappa shape index (κ1) is 24.9. The quantitative estimate of drug-likeness (QED) is 0.322. The minimum atomic E-state index is -3.53. The number of ether oxygens (including phenoxy) is 1. The molecule has 2 aliphatic carbocycles. The summed E-state index contributed by atoms with van der Waals surface area (Å²) in [5.74, 6) is -4.49. The molecule has 0 aliphatic heterocycles. The van der Waals surface area contributed by atoms with E-state index in [4.69, 9.17) is 0 Å². The molecule has 0 spiro atoms. The molecule has 7 heteroatoms. The van der Waals surface area contributed by atoms with E-state index in [0.717, 1.165) is 18.8 Å². The Kier molecular flexibility index (Phi) is 9.35. The first-order chi connectivity index (χ1) is 14.3. The Morgan fingerprint density at radius 3 is 1.77 bits per heavy atom. The van der Waals surface area contributed by atoms with Crippen LogP contribution in [0.1, 0.15) is 71.1 Å². The number of alkyl halides is 3. The van der Waals surface area contributed by atoms with Crippen LogP contribution in [0.4, 0.5) is 26.3 Å². The lowest BCUT2D eigenvalue weighted by molar-refractivity contribution is -0.224. The van der Waals surface area contributed by atoms with Crippen molar-refractivity contribution in [3.8, 4) is 5.75 Å². The largest absolute Gasteiger partial charge is 0.432 e. The third kappa shape index (κ3) is 6.30. The van der Waals surface area contributed by atoms with E-state index in [0.29, 0.717) is 44.0 Å². The van der Waals surface area contributed by atoms with Crippen LogP contribution in [0.15, 0.2) is 12.1 Å². The van der Waals surface area contributed by atoms with Crippen molar-refractivity contribution in [1.82, 2.24) is 0 Å². The fourth-order valence-corrected chi connectivity index (χ4v) is 5.11. The monoisotopic (exact) mass is 438 g/mol. The molecule has 0 radical (unpaired) electrons. The maximum Gasteiger partial charge on any atom is 0.400 e. The van der Waals surface area contributed by atoms with Gasteiger partial charge in [0.05, 0.1) is 13.1 Å². The van der Waals surface area contributed by atoms with E-state index < -0.39 is 35.2 Å². The molecule has 0 unspecified atom stereocenters. The van der Waals surface area contributed by atoms with Gasteiger partial charge in [-0.25, -0.2) is 13.2 Å². The molecule has 0 aromatic heterocycles. The first-order valence-corrected chi connectivity index (χ1v) is 10.9. The third-order valence-corrected chi connectivity index (χ3v) is 6.71. The molecule has 172 valence electrons. The zero-order chi connectivity index (χ0) is 22.3. The molecule has 2 fully saturated rings. The maximum absolute atomic E-state index is 14.5. The molecule has 0 amide bonds. The second-order valence-electron chi connectivity index (χ2n) is 8.55. The van der Waals surface area contributed by atoms with Gasteiger partial charge in [0, 0.05) is 12.1 Å². The van der Waals surface area contributed by atoms with Gasteiger partial charge in [0.15, 0.2) is 17.5 Å². The first-order valence-electron chi connectivity index (χ1n) is 10.9. The average molecular weight is 438 g/mol. The second kappa shape index (κ2) is 11.3. The number of hydrogen-bond acceptors (Lipinski definition) is 1. The predicted octanol–water partition coefficient (Wildman–Crippen LogP) is 8.07. The maximum atomic E-state index is 14.5. The number of rotatable bonds is 6. The van der Waals surface area contributed by atoms with Crippen molar-refractivity contribution in [2.24, 2.45) is 23.7 Å². The van der Waals surface area contributed by atoms with E-state index in [2.05, 4.69) is 11.7 Å². The van der Waals surface area contributed by atoms with Crippen LogP contribution in [0.3, 0.4) is 0 Å². The number of benzene rings is 1. The predicted molar refractivity (Wildman–Crippen MR) is 105 cm³/mol. The van der Waals surface area contributed by atoms with Gasteiger partial charge >= 0.3 is 6.11 Å². The zero-order valence-corrected chi connectivity index (χ0v) is 17.7. The van der Waals surface area contributed by atoms with Gasteiger partial charge in [-0.2, -0.15) is 8.78 Å². The third-order valence-electron chi connectivity index (χ3n) is 6.71. The molecule has 0 heterocycles. The van der Waals surface area contributed by atoms with Crippen LogP contribution in [0.5, 0.6) is 5.75 Å². The van der Waals surface area contributed by atoms with Crippen LogP contribution in [0, 0.1) is 41.1 Å². The summed E-state index contributed by atoms with van der Waals surface area (Å²) in [6, 6.07) is 0.930. The van der Waals surface area contributed by atoms with Crippen molar-refractivity contribution >= 4 is 0 Å². The van der Waals surface area contributed by atoms with Crippen molar-refractivity contribution in [3.05, 3.63) is 29.6 Å². The number of halogens is 6. The molecule has 30 heavy (non-hydrogen) atoms. The van der Waals surface area contributed by atoms with E-state index in [1.807, 2.05) is 0 Å². The van der Waals surface area contributed by atoms with Crippen molar-refractivity contribution in [1.29, 1.82) is 0 Å². The van der Waals surface area contributed by atoms with Crippen LogP contribution in [0.25, 0.3) is 0 Å². The molecule has 0 atom stereocenters. The molecule has 0 N–H and O–H groups in total. The fraction of sp³-hybridized carbons (Fsp3) is 0.739. The molecular weight excluding hydrogens is 406 g/mol. The Morgan fingerprint density at radius 2 is 1.30 bits per heavy atom. The topological polar surface area (TPSA) is 9.23 Å². The minimum absolute atomic E-state index is 0.332. The van der Waals surface area contributed by atoms with Gasteiger partial charge in [0.2, 0.25) is 0 Å². The summed E-state index contributed by atoms with van der Waals surface area (Å²) in [5, 5.41) is 0. The van der Waals surface area contributed by atoms with Crippen LogP contribution in [-0.4, -0.2) is 13.3 Å². The molecule has 1 aromatic rings. The molecule has 3 rings (SSSR count). The molecular formula is C23H32F6O. The van der Waals surface area contributed by atoms with Crippen molar-refractivity contribution in [2.75, 3.05) is 7.18 Å². The van der Waals surface area contributed by atoms with Gasteiger partial charge in [-0.15, -0.1) is 0 Å². The molecule has 2 aliphatic rings. The SMILES string of the molecule is CCCC1CCC(C2CCC(C(F)(F)Oc3cc(F)c(F)c(F)c3)CC2)CC1.CF. The Morgan fingerprint density at radius 1 is 0.833 bits per heavy atom. The second-order valence-corrected chi connectivity index (χ2v) is 8.55. The zero-order valence-electron chi connectivity index (χ0n) is 17.7. The van der Waals surface area contributed by atoms with E-state index in [1.54, 1.807) is 0 Å². The van der Waals surface area contributed by atoms with Gasteiger partial charge in [-0.3, -0.25) is 4.39 Å². The Labute approximate surface area is 175 Å². The van der Waals surface area contributed by atoms with Gasteiger partial charge in [0.25, 0.3) is 0 Å². The van der Waals surface area contributed by atoms with Crippen molar-refractivity contribution < 1.29 is 31.1 Å². The van der Waals surface area contributed by atoms with Crippen LogP contribution in [-0.2, 0) is 0 Å². The van der Waals surface area contributed by atoms with Gasteiger partial charge in [-0.1, -0.05) is 32.6 Å². The lowest BCUT2D eigenvalue weighted by Gasteiger charge is -2.39. The standard InChI is InChI=1S/C22H29F5O.CH3F/c1-2-3-14-4-6-15(7-5-14)16-8-10-17(11-9-16)22(26,27)28-18-12-19(23)21(25)20(24)13-18;1-2/h12-17H,2-11H2,1H3;1H3. The molecule has 0 bridgehead atoms. The summed E-state index contributed by atoms with van der Waals surface area (Å²) in [4.78, 5) is 0. The highest BCUT2D eigenvalue weighted by molar-refractivity contribution is 5.25. The molecule has 0 saturated heterocycles. The van der Waals surface area contributed by atoms with Crippen LogP contribution < -0.4 is 4.74 Å². The summed E-state index contributed by atoms with van der Waals surface area (Å²) < 4.78 is 82.6. The Bertz CT molecular complexity index is 626. The Balaban J connectivity index is 0.00000155. The highest BCUT2D eigenvalue weighted by atomic mass is 19.3. The summed E-state index contributed by atoms with van der Waals surface area (Å²) in [7, 11) is 0.500. The summed E-state index contributed by atoms with van der Waals surface area (Å²) in [6.07, 6.45) is 6.00. The molecule has 2 saturated carbocycles. The highest BCUT2D eigenvalue weighted by Crippen LogP contribution is 2.46. The summed E-state index contributed by atoms with van der Waals surface area (Å²) in [6.45, 7) is 2.21. The van der Waals surface area contributed by atoms with Gasteiger partial charge in [-0.05, 0) is 56.3 Å². The smallest absolute Gasteiger partial charge is 0.400 e. The summed E-state index contributed by atoms with van der Waals surface area (Å²) >= 11 is 0. The normalized spacial score (nSPS) is 27.2. The van der Waals surface area contributed by atoms with E-state index >= 15 is 0 Å². The average Bonchev–Trinajstić information content (AvgIpc) is 2.74. The van der Waals surface area contributed by atoms with Crippen LogP contribution in [0.2, 0.25) is 0 Å². The van der Waals surface area contributed by atoms with Gasteiger partial charge in [0.1, 0.15) is 5.75 Å². The fourth-order valence-electron chi connectivity index (χ4n) is 5.11. The minimum Gasteiger partial charge on any atom is -0.432 e. The van der Waals surface area contributed by atoms with Crippen LogP contribution >= 0.6 is 0 Å². The van der Waals surface area contributed by atoms with E-state index in [-0.39, 0.29) is 0 Å². The lowest BCUT2D eigenvalue weighted by atomic mass is 9.68. The van der Waals surface area contributed by atoms with E-state index in [9.17, 15) is 26.3 Å². The van der Waals surface area contributed by atoms with E-state index in [1.165, 1.54) is 38.5 Å².